The van der Waals surface area contributed by atoms with Crippen molar-refractivity contribution in [1.29, 1.82) is 0 Å². The largest absolute Gasteiger partial charge is 0.479 e. The fraction of sp³-hybridized carbons (Fsp3) is 0.500. The summed E-state index contributed by atoms with van der Waals surface area (Å²) in [4.78, 5) is 23.1. The zero-order valence-electron chi connectivity index (χ0n) is 11.1. The summed E-state index contributed by atoms with van der Waals surface area (Å²) < 4.78 is 10.6. The van der Waals surface area contributed by atoms with Crippen molar-refractivity contribution in [2.45, 2.75) is 38.8 Å². The van der Waals surface area contributed by atoms with Gasteiger partial charge in [0.2, 0.25) is 0 Å². The number of carbonyl (C=O) groups is 2. The van der Waals surface area contributed by atoms with Crippen molar-refractivity contribution in [3.63, 3.8) is 0 Å². The molecule has 0 aliphatic heterocycles. The quantitative estimate of drug-likeness (QED) is 0.887. The highest BCUT2D eigenvalue weighted by molar-refractivity contribution is 9.10. The van der Waals surface area contributed by atoms with Crippen molar-refractivity contribution in [3.05, 3.63) is 22.6 Å². The molecule has 6 nitrogen and oxygen atoms in total. The second-order valence-corrected chi connectivity index (χ2v) is 5.94. The first-order chi connectivity index (χ1) is 8.54. The molecule has 0 saturated carbocycles. The Morgan fingerprint density at radius 3 is 2.26 bits per heavy atom. The lowest BCUT2D eigenvalue weighted by molar-refractivity contribution is -0.145. The predicted octanol–water partition coefficient (Wildman–Crippen LogP) is 2.87. The Morgan fingerprint density at radius 1 is 1.32 bits per heavy atom. The van der Waals surface area contributed by atoms with Gasteiger partial charge in [0.1, 0.15) is 11.4 Å². The molecule has 1 rings (SSSR count). The second kappa shape index (κ2) is 5.24. The highest BCUT2D eigenvalue weighted by Gasteiger charge is 2.41. The third-order valence-electron chi connectivity index (χ3n) is 2.24. The van der Waals surface area contributed by atoms with Crippen LogP contribution in [0.3, 0.4) is 0 Å². The summed E-state index contributed by atoms with van der Waals surface area (Å²) in [5.41, 5.74) is -2.42. The molecule has 1 heterocycles. The number of alkyl carbamates (subject to hydrolysis) is 1. The Hall–Kier alpha value is -1.50. The molecule has 1 aromatic rings. The number of carbonyl (C=O) groups excluding carboxylic acids is 1. The van der Waals surface area contributed by atoms with Gasteiger partial charge in [-0.2, -0.15) is 0 Å². The number of hydrogen-bond acceptors (Lipinski definition) is 4. The molecule has 0 saturated heterocycles. The topological polar surface area (TPSA) is 88.8 Å². The van der Waals surface area contributed by atoms with Gasteiger partial charge in [-0.15, -0.1) is 0 Å². The van der Waals surface area contributed by atoms with Crippen molar-refractivity contribution < 1.29 is 23.8 Å². The van der Waals surface area contributed by atoms with Gasteiger partial charge in [0.05, 0.1) is 0 Å². The number of furan rings is 1. The Balaban J connectivity index is 2.96. The van der Waals surface area contributed by atoms with Gasteiger partial charge in [-0.25, -0.2) is 9.59 Å². The molecule has 19 heavy (non-hydrogen) atoms. The van der Waals surface area contributed by atoms with Crippen molar-refractivity contribution in [2.24, 2.45) is 0 Å². The summed E-state index contributed by atoms with van der Waals surface area (Å²) in [6, 6.07) is 3.02. The van der Waals surface area contributed by atoms with Crippen molar-refractivity contribution in [1.82, 2.24) is 5.32 Å². The number of carboxylic acids is 1. The Labute approximate surface area is 119 Å². The summed E-state index contributed by atoms with van der Waals surface area (Å²) in [6.45, 7) is 6.39. The number of rotatable bonds is 3. The van der Waals surface area contributed by atoms with Crippen LogP contribution >= 0.6 is 15.9 Å². The van der Waals surface area contributed by atoms with E-state index in [1.54, 1.807) is 26.8 Å². The number of carboxylic acid groups (broad SMARTS) is 1. The average molecular weight is 334 g/mol. The number of halogens is 1. The summed E-state index contributed by atoms with van der Waals surface area (Å²) >= 11 is 3.09. The Bertz CT molecular complexity index is 491. The van der Waals surface area contributed by atoms with Gasteiger partial charge in [-0.3, -0.25) is 5.32 Å². The maximum Gasteiger partial charge on any atom is 0.408 e. The average Bonchev–Trinajstić information content (AvgIpc) is 2.61. The second-order valence-electron chi connectivity index (χ2n) is 5.16. The molecule has 0 aromatic carbocycles. The molecule has 1 unspecified atom stereocenters. The molecule has 106 valence electrons. The number of nitrogens with one attached hydrogen (secondary N) is 1. The first-order valence-corrected chi connectivity index (χ1v) is 6.34. The fourth-order valence-electron chi connectivity index (χ4n) is 1.31. The molecule has 0 radical (unpaired) electrons. The van der Waals surface area contributed by atoms with Crippen LogP contribution in [0, 0.1) is 0 Å². The van der Waals surface area contributed by atoms with E-state index >= 15 is 0 Å². The van der Waals surface area contributed by atoms with Crippen LogP contribution in [0.4, 0.5) is 4.79 Å². The number of aliphatic carboxylic acids is 1. The summed E-state index contributed by atoms with van der Waals surface area (Å²) in [5.74, 6) is -1.15. The maximum absolute atomic E-state index is 11.7. The number of amides is 1. The van der Waals surface area contributed by atoms with Crippen molar-refractivity contribution >= 4 is 28.0 Å². The van der Waals surface area contributed by atoms with Crippen LogP contribution in [-0.2, 0) is 15.1 Å². The van der Waals surface area contributed by atoms with Gasteiger partial charge in [0, 0.05) is 0 Å². The lowest BCUT2D eigenvalue weighted by atomic mass is 10.00. The number of hydrogen-bond donors (Lipinski definition) is 2. The molecule has 1 amide bonds. The Morgan fingerprint density at radius 2 is 1.89 bits per heavy atom. The van der Waals surface area contributed by atoms with Gasteiger partial charge in [0.15, 0.2) is 10.2 Å². The van der Waals surface area contributed by atoms with Crippen molar-refractivity contribution in [3.8, 4) is 0 Å². The smallest absolute Gasteiger partial charge is 0.408 e. The molecule has 0 aliphatic rings. The molecule has 1 aromatic heterocycles. The fourth-order valence-corrected chi connectivity index (χ4v) is 1.62. The standard InChI is InChI=1S/C12H16BrNO5/c1-11(2,3)19-10(17)14-12(4,9(15)16)7-5-6-8(13)18-7/h5-6H,1-4H3,(H,14,17)(H,15,16). The molecule has 7 heteroatoms. The minimum absolute atomic E-state index is 0.0951. The van der Waals surface area contributed by atoms with Crippen molar-refractivity contribution in [2.75, 3.05) is 0 Å². The molecule has 1 atom stereocenters. The molecular formula is C12H16BrNO5. The summed E-state index contributed by atoms with van der Waals surface area (Å²) in [6.07, 6.45) is -0.829. The van der Waals surface area contributed by atoms with Crippen LogP contribution in [0.1, 0.15) is 33.5 Å². The lowest BCUT2D eigenvalue weighted by Crippen LogP contribution is -2.50. The van der Waals surface area contributed by atoms with Gasteiger partial charge < -0.3 is 14.3 Å². The maximum atomic E-state index is 11.7. The van der Waals surface area contributed by atoms with Gasteiger partial charge in [-0.1, -0.05) is 0 Å². The first-order valence-electron chi connectivity index (χ1n) is 5.55. The lowest BCUT2D eigenvalue weighted by Gasteiger charge is -2.26. The van der Waals surface area contributed by atoms with E-state index in [0.717, 1.165) is 0 Å². The van der Waals surface area contributed by atoms with Gasteiger partial charge in [0.25, 0.3) is 0 Å². The van der Waals surface area contributed by atoms with Crippen LogP contribution in [0.25, 0.3) is 0 Å². The van der Waals surface area contributed by atoms with E-state index < -0.39 is 23.2 Å². The van der Waals surface area contributed by atoms with E-state index in [1.807, 2.05) is 0 Å². The van der Waals surface area contributed by atoms with E-state index in [1.165, 1.54) is 13.0 Å². The third-order valence-corrected chi connectivity index (χ3v) is 2.67. The normalized spacial score (nSPS) is 14.6. The summed E-state index contributed by atoms with van der Waals surface area (Å²) in [7, 11) is 0. The highest BCUT2D eigenvalue weighted by Crippen LogP contribution is 2.26. The molecule has 2 N–H and O–H groups in total. The van der Waals surface area contributed by atoms with E-state index in [2.05, 4.69) is 21.2 Å². The van der Waals surface area contributed by atoms with Gasteiger partial charge >= 0.3 is 12.1 Å². The first kappa shape index (κ1) is 15.6. The number of ether oxygens (including phenoxy) is 1. The van der Waals surface area contributed by atoms with E-state index in [4.69, 9.17) is 9.15 Å². The predicted molar refractivity (Wildman–Crippen MR) is 70.8 cm³/mol. The van der Waals surface area contributed by atoms with Crippen LogP contribution in [-0.4, -0.2) is 22.8 Å². The minimum atomic E-state index is -1.70. The van der Waals surface area contributed by atoms with Crippen LogP contribution < -0.4 is 5.32 Å². The molecule has 0 bridgehead atoms. The molecule has 0 fully saturated rings. The summed E-state index contributed by atoms with van der Waals surface area (Å²) in [5, 5.41) is 11.6. The van der Waals surface area contributed by atoms with E-state index in [-0.39, 0.29) is 5.76 Å². The van der Waals surface area contributed by atoms with Crippen LogP contribution in [0.2, 0.25) is 0 Å². The van der Waals surface area contributed by atoms with Crippen LogP contribution in [0.15, 0.2) is 21.2 Å². The van der Waals surface area contributed by atoms with Gasteiger partial charge in [-0.05, 0) is 55.8 Å². The molecule has 0 spiro atoms. The molecule has 0 aliphatic carbocycles. The monoisotopic (exact) mass is 333 g/mol. The van der Waals surface area contributed by atoms with Crippen LogP contribution in [0.5, 0.6) is 0 Å². The zero-order valence-corrected chi connectivity index (χ0v) is 12.7. The minimum Gasteiger partial charge on any atom is -0.479 e. The molecular weight excluding hydrogens is 318 g/mol. The zero-order chi connectivity index (χ0) is 14.8. The van der Waals surface area contributed by atoms with E-state index in [0.29, 0.717) is 4.67 Å². The SMILES string of the molecule is CC(C)(C)OC(=O)NC(C)(C(=O)O)c1ccc(Br)o1. The van der Waals surface area contributed by atoms with E-state index in [9.17, 15) is 14.7 Å². The third kappa shape index (κ3) is 3.99. The highest BCUT2D eigenvalue weighted by atomic mass is 79.9. The Kier molecular flexibility index (Phi) is 4.29.